The van der Waals surface area contributed by atoms with E-state index in [0.717, 1.165) is 11.1 Å². The van der Waals surface area contributed by atoms with Gasteiger partial charge in [-0.3, -0.25) is 14.4 Å². The van der Waals surface area contributed by atoms with Gasteiger partial charge in [-0.1, -0.05) is 42.5 Å². The number of ether oxygens (including phenoxy) is 1. The highest BCUT2D eigenvalue weighted by molar-refractivity contribution is 5.96. The second-order valence-corrected chi connectivity index (χ2v) is 8.70. The van der Waals surface area contributed by atoms with Gasteiger partial charge in [0.25, 0.3) is 17.7 Å². The van der Waals surface area contributed by atoms with Gasteiger partial charge in [0.2, 0.25) is 0 Å². The number of nitrogens with zero attached hydrogens (tertiary/aromatic N) is 1. The largest absolute Gasteiger partial charge is 0.488 e. The van der Waals surface area contributed by atoms with Crippen molar-refractivity contribution in [2.45, 2.75) is 32.4 Å². The third-order valence-electron chi connectivity index (χ3n) is 6.23. The lowest BCUT2D eigenvalue weighted by atomic mass is 10.0. The molecule has 0 aliphatic carbocycles. The molecule has 1 saturated heterocycles. The highest BCUT2D eigenvalue weighted by Gasteiger charge is 2.25. The van der Waals surface area contributed by atoms with Crippen LogP contribution in [0.15, 0.2) is 72.8 Å². The Labute approximate surface area is 204 Å². The molecule has 0 atom stereocenters. The first kappa shape index (κ1) is 24.0. The molecule has 3 amide bonds. The summed E-state index contributed by atoms with van der Waals surface area (Å²) in [6.07, 6.45) is 1.41. The zero-order chi connectivity index (χ0) is 24.8. The second-order valence-electron chi connectivity index (χ2n) is 8.70. The third kappa shape index (κ3) is 5.87. The van der Waals surface area contributed by atoms with Crippen molar-refractivity contribution in [3.63, 3.8) is 0 Å². The zero-order valence-electron chi connectivity index (χ0n) is 19.7. The minimum atomic E-state index is -0.553. The number of hydrogen-bond acceptors (Lipinski definition) is 4. The minimum absolute atomic E-state index is 0.0382. The molecule has 1 heterocycles. The predicted molar refractivity (Wildman–Crippen MR) is 133 cm³/mol. The number of para-hydroxylation sites is 1. The quantitative estimate of drug-likeness (QED) is 0.548. The van der Waals surface area contributed by atoms with Crippen molar-refractivity contribution in [2.24, 2.45) is 5.73 Å². The molecule has 7 nitrogen and oxygen atoms in total. The Kier molecular flexibility index (Phi) is 7.45. The number of primary amides is 1. The summed E-state index contributed by atoms with van der Waals surface area (Å²) < 4.78 is 5.79. The van der Waals surface area contributed by atoms with Crippen LogP contribution in [0.1, 0.15) is 55.0 Å². The lowest BCUT2D eigenvalue weighted by Crippen LogP contribution is -2.46. The second kappa shape index (κ2) is 10.9. The molecule has 180 valence electrons. The molecule has 0 aromatic heterocycles. The van der Waals surface area contributed by atoms with Crippen LogP contribution >= 0.6 is 0 Å². The molecule has 35 heavy (non-hydrogen) atoms. The normalized spacial score (nSPS) is 13.8. The average Bonchev–Trinajstić information content (AvgIpc) is 2.88. The number of rotatable bonds is 7. The Bertz CT molecular complexity index is 1230. The molecule has 1 fully saturated rings. The van der Waals surface area contributed by atoms with Crippen molar-refractivity contribution >= 4 is 17.7 Å². The van der Waals surface area contributed by atoms with Crippen LogP contribution in [0.4, 0.5) is 0 Å². The summed E-state index contributed by atoms with van der Waals surface area (Å²) >= 11 is 0. The van der Waals surface area contributed by atoms with Gasteiger partial charge in [0.15, 0.2) is 0 Å². The number of carbonyl (C=O) groups excluding carboxylic acids is 3. The van der Waals surface area contributed by atoms with E-state index in [1.807, 2.05) is 48.2 Å². The van der Waals surface area contributed by atoms with E-state index in [-0.39, 0.29) is 24.5 Å². The van der Waals surface area contributed by atoms with Gasteiger partial charge in [0.05, 0.1) is 5.56 Å². The predicted octanol–water partition coefficient (Wildman–Crippen LogP) is 3.71. The van der Waals surface area contributed by atoms with Gasteiger partial charge >= 0.3 is 0 Å². The van der Waals surface area contributed by atoms with Crippen molar-refractivity contribution in [1.82, 2.24) is 10.2 Å². The fourth-order valence-electron chi connectivity index (χ4n) is 4.25. The first-order valence-corrected chi connectivity index (χ1v) is 11.7. The topological polar surface area (TPSA) is 102 Å². The molecule has 4 rings (SSSR count). The molecule has 0 radical (unpaired) electrons. The number of piperidine rings is 1. The summed E-state index contributed by atoms with van der Waals surface area (Å²) in [6, 6.07) is 21.7. The van der Waals surface area contributed by atoms with Gasteiger partial charge in [-0.2, -0.15) is 0 Å². The molecule has 3 aromatic rings. The van der Waals surface area contributed by atoms with Crippen LogP contribution in [-0.2, 0) is 6.61 Å². The highest BCUT2D eigenvalue weighted by atomic mass is 16.5. The van der Waals surface area contributed by atoms with Crippen LogP contribution < -0.4 is 15.8 Å². The number of nitrogens with two attached hydrogens (primary N) is 1. The van der Waals surface area contributed by atoms with Gasteiger partial charge in [0, 0.05) is 30.3 Å². The van der Waals surface area contributed by atoms with E-state index in [4.69, 9.17) is 10.5 Å². The minimum Gasteiger partial charge on any atom is -0.488 e. The van der Waals surface area contributed by atoms with Crippen LogP contribution in [0, 0.1) is 6.92 Å². The number of amides is 3. The SMILES string of the molecule is Cc1ccccc1C(=O)NC1CCN(C(=O)c2cccc(COc3ccccc3C(N)=O)c2)CC1. The fourth-order valence-corrected chi connectivity index (χ4v) is 4.25. The van der Waals surface area contributed by atoms with E-state index < -0.39 is 5.91 Å². The summed E-state index contributed by atoms with van der Waals surface area (Å²) in [6.45, 7) is 3.28. The molecule has 7 heteroatoms. The van der Waals surface area contributed by atoms with Gasteiger partial charge in [-0.15, -0.1) is 0 Å². The van der Waals surface area contributed by atoms with Crippen LogP contribution in [0.3, 0.4) is 0 Å². The molecule has 0 bridgehead atoms. The zero-order valence-corrected chi connectivity index (χ0v) is 19.7. The summed E-state index contributed by atoms with van der Waals surface area (Å²) in [5, 5.41) is 3.10. The smallest absolute Gasteiger partial charge is 0.253 e. The number of carbonyl (C=O) groups is 3. The van der Waals surface area contributed by atoms with E-state index in [1.165, 1.54) is 0 Å². The number of benzene rings is 3. The maximum atomic E-state index is 13.1. The number of hydrogen-bond donors (Lipinski definition) is 2. The summed E-state index contributed by atoms with van der Waals surface area (Å²) in [4.78, 5) is 39.1. The molecule has 1 aliphatic rings. The van der Waals surface area contributed by atoms with E-state index in [2.05, 4.69) is 5.32 Å². The van der Waals surface area contributed by atoms with Crippen LogP contribution in [0.25, 0.3) is 0 Å². The lowest BCUT2D eigenvalue weighted by molar-refractivity contribution is 0.0697. The van der Waals surface area contributed by atoms with Crippen molar-refractivity contribution in [3.8, 4) is 5.75 Å². The third-order valence-corrected chi connectivity index (χ3v) is 6.23. The molecule has 1 aliphatic heterocycles. The number of nitrogens with one attached hydrogen (secondary N) is 1. The molecule has 0 spiro atoms. The van der Waals surface area contributed by atoms with E-state index in [9.17, 15) is 14.4 Å². The maximum absolute atomic E-state index is 13.1. The molecule has 0 saturated carbocycles. The van der Waals surface area contributed by atoms with Crippen LogP contribution in [-0.4, -0.2) is 41.8 Å². The summed E-state index contributed by atoms with van der Waals surface area (Å²) in [5.41, 5.74) is 8.75. The van der Waals surface area contributed by atoms with Gasteiger partial charge in [0.1, 0.15) is 12.4 Å². The maximum Gasteiger partial charge on any atom is 0.253 e. The first-order valence-electron chi connectivity index (χ1n) is 11.7. The van der Waals surface area contributed by atoms with Crippen molar-refractivity contribution in [2.75, 3.05) is 13.1 Å². The van der Waals surface area contributed by atoms with Crippen LogP contribution in [0.5, 0.6) is 5.75 Å². The molecule has 3 N–H and O–H groups in total. The van der Waals surface area contributed by atoms with Gasteiger partial charge in [-0.05, 0) is 61.2 Å². The Morgan fingerprint density at radius 3 is 2.34 bits per heavy atom. The molecular weight excluding hydrogens is 442 g/mol. The first-order chi connectivity index (χ1) is 16.9. The van der Waals surface area contributed by atoms with Crippen molar-refractivity contribution in [1.29, 1.82) is 0 Å². The summed E-state index contributed by atoms with van der Waals surface area (Å²) in [5.74, 6) is -0.263. The highest BCUT2D eigenvalue weighted by Crippen LogP contribution is 2.20. The Hall–Kier alpha value is -4.13. The van der Waals surface area contributed by atoms with Gasteiger partial charge in [-0.25, -0.2) is 0 Å². The van der Waals surface area contributed by atoms with E-state index in [1.54, 1.807) is 36.4 Å². The lowest BCUT2D eigenvalue weighted by Gasteiger charge is -2.32. The number of aryl methyl sites for hydroxylation is 1. The van der Waals surface area contributed by atoms with Crippen molar-refractivity contribution in [3.05, 3.63) is 101 Å². The monoisotopic (exact) mass is 471 g/mol. The van der Waals surface area contributed by atoms with E-state index >= 15 is 0 Å². The fraction of sp³-hybridized carbons (Fsp3) is 0.250. The van der Waals surface area contributed by atoms with Gasteiger partial charge < -0.3 is 20.7 Å². The average molecular weight is 472 g/mol. The number of likely N-dealkylation sites (tertiary alicyclic amines) is 1. The molecular formula is C28H29N3O4. The van der Waals surface area contributed by atoms with E-state index in [0.29, 0.717) is 48.4 Å². The van der Waals surface area contributed by atoms with Crippen molar-refractivity contribution < 1.29 is 19.1 Å². The Morgan fingerprint density at radius 2 is 1.63 bits per heavy atom. The standard InChI is InChI=1S/C28H29N3O4/c1-19-7-2-3-10-23(19)27(33)30-22-13-15-31(16-14-22)28(34)21-9-6-8-20(17-21)18-35-25-12-5-4-11-24(25)26(29)32/h2-12,17,22H,13-16,18H2,1H3,(H2,29,32)(H,30,33). The Morgan fingerprint density at radius 1 is 0.943 bits per heavy atom. The summed E-state index contributed by atoms with van der Waals surface area (Å²) in [7, 11) is 0. The van der Waals surface area contributed by atoms with Crippen LogP contribution in [0.2, 0.25) is 0 Å². The Balaban J connectivity index is 1.33. The molecule has 0 unspecified atom stereocenters. The molecule has 3 aromatic carbocycles.